The van der Waals surface area contributed by atoms with Crippen LogP contribution >= 0.6 is 0 Å². The number of aromatic nitrogens is 4. The minimum atomic E-state index is -3.92. The van der Waals surface area contributed by atoms with Crippen molar-refractivity contribution < 1.29 is 22.0 Å². The fourth-order valence-electron chi connectivity index (χ4n) is 3.80. The molecule has 0 fully saturated rings. The van der Waals surface area contributed by atoms with Crippen molar-refractivity contribution in [2.75, 3.05) is 0 Å². The van der Waals surface area contributed by atoms with Gasteiger partial charge in [-0.05, 0) is 49.4 Å². The van der Waals surface area contributed by atoms with Crippen LogP contribution in [0.4, 0.5) is 4.39 Å². The molecule has 1 amide bonds. The number of sulfone groups is 1. The van der Waals surface area contributed by atoms with Gasteiger partial charge in [-0.3, -0.25) is 9.89 Å². The Kier molecular flexibility index (Phi) is 4.78. The molecule has 11 heteroatoms. The van der Waals surface area contributed by atoms with Crippen LogP contribution in [-0.4, -0.2) is 34.3 Å². The standard InChI is InChI=1S/C22H18FN5O4S/c1-12-21(33(30,31)13-3-5-17-18(9-13)26-27-25-17)10-19(28(12)2)22(29)24-11-15-14-7-8-32-20(14)6-4-16(15)23/h3-10H,11H2,1-2H3,(H,24,29)(H,25,26,27). The molecular weight excluding hydrogens is 449 g/mol. The Morgan fingerprint density at radius 2 is 2.03 bits per heavy atom. The van der Waals surface area contributed by atoms with E-state index in [0.717, 1.165) is 0 Å². The summed E-state index contributed by atoms with van der Waals surface area (Å²) in [4.78, 5) is 13.0. The molecule has 0 radical (unpaired) electrons. The lowest BCUT2D eigenvalue weighted by Crippen LogP contribution is -2.25. The van der Waals surface area contributed by atoms with Gasteiger partial charge in [-0.25, -0.2) is 12.8 Å². The molecule has 0 bridgehead atoms. The Bertz CT molecular complexity index is 1650. The molecule has 0 aliphatic carbocycles. The van der Waals surface area contributed by atoms with E-state index in [0.29, 0.717) is 27.7 Å². The fourth-order valence-corrected chi connectivity index (χ4v) is 5.36. The van der Waals surface area contributed by atoms with Gasteiger partial charge in [0.15, 0.2) is 0 Å². The highest BCUT2D eigenvalue weighted by molar-refractivity contribution is 7.91. The summed E-state index contributed by atoms with van der Waals surface area (Å²) in [6, 6.07) is 10.2. The van der Waals surface area contributed by atoms with Gasteiger partial charge in [0.1, 0.15) is 22.6 Å². The van der Waals surface area contributed by atoms with Crippen LogP contribution < -0.4 is 5.32 Å². The topological polar surface area (TPSA) is 123 Å². The monoisotopic (exact) mass is 467 g/mol. The number of nitrogens with one attached hydrogen (secondary N) is 2. The van der Waals surface area contributed by atoms with Gasteiger partial charge in [-0.15, -0.1) is 5.10 Å². The first-order chi connectivity index (χ1) is 15.8. The maximum absolute atomic E-state index is 14.3. The first-order valence-electron chi connectivity index (χ1n) is 9.92. The number of furan rings is 1. The van der Waals surface area contributed by atoms with Gasteiger partial charge >= 0.3 is 0 Å². The molecule has 0 spiro atoms. The van der Waals surface area contributed by atoms with Crippen molar-refractivity contribution in [3.8, 4) is 0 Å². The van der Waals surface area contributed by atoms with Crippen LogP contribution in [0.5, 0.6) is 0 Å². The van der Waals surface area contributed by atoms with Crippen LogP contribution in [0, 0.1) is 12.7 Å². The molecule has 0 saturated carbocycles. The van der Waals surface area contributed by atoms with Gasteiger partial charge in [-0.1, -0.05) is 5.21 Å². The maximum atomic E-state index is 14.3. The molecular formula is C22H18FN5O4S. The highest BCUT2D eigenvalue weighted by Crippen LogP contribution is 2.28. The minimum absolute atomic E-state index is 0.00471. The van der Waals surface area contributed by atoms with Crippen molar-refractivity contribution in [2.24, 2.45) is 7.05 Å². The Morgan fingerprint density at radius 3 is 2.85 bits per heavy atom. The fraction of sp³-hybridized carbons (Fsp3) is 0.136. The number of nitrogens with zero attached hydrogens (tertiary/aromatic N) is 3. The average molecular weight is 467 g/mol. The number of halogens is 1. The summed E-state index contributed by atoms with van der Waals surface area (Å²) in [5.74, 6) is -1.01. The summed E-state index contributed by atoms with van der Waals surface area (Å²) in [7, 11) is -2.32. The lowest BCUT2D eigenvalue weighted by Gasteiger charge is -2.09. The summed E-state index contributed by atoms with van der Waals surface area (Å²) >= 11 is 0. The van der Waals surface area contributed by atoms with Crippen LogP contribution in [-0.2, 0) is 23.4 Å². The second-order valence-electron chi connectivity index (χ2n) is 7.57. The predicted molar refractivity (Wildman–Crippen MR) is 117 cm³/mol. The highest BCUT2D eigenvalue weighted by Gasteiger charge is 2.26. The number of amides is 1. The summed E-state index contributed by atoms with van der Waals surface area (Å²) < 4.78 is 47.7. The maximum Gasteiger partial charge on any atom is 0.268 e. The molecule has 3 heterocycles. The van der Waals surface area contributed by atoms with Crippen LogP contribution in [0.3, 0.4) is 0 Å². The zero-order chi connectivity index (χ0) is 23.3. The Morgan fingerprint density at radius 1 is 1.21 bits per heavy atom. The lowest BCUT2D eigenvalue weighted by molar-refractivity contribution is 0.0942. The van der Waals surface area contributed by atoms with Crippen molar-refractivity contribution >= 4 is 37.7 Å². The largest absolute Gasteiger partial charge is 0.464 e. The minimum Gasteiger partial charge on any atom is -0.464 e. The zero-order valence-electron chi connectivity index (χ0n) is 17.6. The Balaban J connectivity index is 1.46. The van der Waals surface area contributed by atoms with E-state index in [1.807, 2.05) is 0 Å². The van der Waals surface area contributed by atoms with Gasteiger partial charge in [-0.2, -0.15) is 0 Å². The second kappa shape index (κ2) is 7.55. The number of aromatic amines is 1. The molecule has 0 aliphatic rings. The molecule has 9 nitrogen and oxygen atoms in total. The summed E-state index contributed by atoms with van der Waals surface area (Å²) in [6.07, 6.45) is 1.45. The van der Waals surface area contributed by atoms with Crippen molar-refractivity contribution in [2.45, 2.75) is 23.3 Å². The predicted octanol–water partition coefficient (Wildman–Crippen LogP) is 3.25. The van der Waals surface area contributed by atoms with Crippen molar-refractivity contribution in [3.63, 3.8) is 0 Å². The number of fused-ring (bicyclic) bond motifs is 2. The molecule has 168 valence electrons. The lowest BCUT2D eigenvalue weighted by atomic mass is 10.1. The van der Waals surface area contributed by atoms with Gasteiger partial charge < -0.3 is 14.3 Å². The first kappa shape index (κ1) is 20.9. The number of hydrogen-bond donors (Lipinski definition) is 2. The van der Waals surface area contributed by atoms with E-state index in [1.54, 1.807) is 26.1 Å². The van der Waals surface area contributed by atoms with E-state index in [9.17, 15) is 17.6 Å². The Labute approximate surface area is 187 Å². The van der Waals surface area contributed by atoms with Crippen LogP contribution in [0.2, 0.25) is 0 Å². The van der Waals surface area contributed by atoms with E-state index in [1.165, 1.54) is 41.2 Å². The van der Waals surface area contributed by atoms with Gasteiger partial charge in [0.2, 0.25) is 9.84 Å². The smallest absolute Gasteiger partial charge is 0.268 e. The Hall–Kier alpha value is -3.99. The number of rotatable bonds is 5. The summed E-state index contributed by atoms with van der Waals surface area (Å²) in [5.41, 5.74) is 2.35. The van der Waals surface area contributed by atoms with Crippen LogP contribution in [0.25, 0.3) is 22.0 Å². The number of carbonyl (C=O) groups is 1. The molecule has 0 aliphatic heterocycles. The van der Waals surface area contributed by atoms with Crippen molar-refractivity contribution in [1.82, 2.24) is 25.3 Å². The number of hydrogen-bond acceptors (Lipinski definition) is 6. The molecule has 5 aromatic rings. The molecule has 0 unspecified atom stereocenters. The second-order valence-corrected chi connectivity index (χ2v) is 9.49. The van der Waals surface area contributed by atoms with Crippen LogP contribution in [0.1, 0.15) is 21.7 Å². The third-order valence-electron chi connectivity index (χ3n) is 5.73. The summed E-state index contributed by atoms with van der Waals surface area (Å²) in [6.45, 7) is 1.53. The molecule has 0 atom stereocenters. The van der Waals surface area contributed by atoms with Gasteiger partial charge in [0.05, 0.1) is 21.6 Å². The molecule has 33 heavy (non-hydrogen) atoms. The highest BCUT2D eigenvalue weighted by atomic mass is 32.2. The SMILES string of the molecule is Cc1c(S(=O)(=O)c2ccc3nn[nH]c3c2)cc(C(=O)NCc2c(F)ccc3occc23)n1C. The quantitative estimate of drug-likeness (QED) is 0.409. The van der Waals surface area contributed by atoms with E-state index < -0.39 is 21.6 Å². The van der Waals surface area contributed by atoms with Crippen molar-refractivity contribution in [3.05, 3.63) is 71.5 Å². The van der Waals surface area contributed by atoms with Gasteiger partial charge in [0, 0.05) is 30.2 Å². The van der Waals surface area contributed by atoms with Crippen LogP contribution in [0.15, 0.2) is 62.9 Å². The number of carbonyl (C=O) groups excluding carboxylic acids is 1. The zero-order valence-corrected chi connectivity index (χ0v) is 18.4. The average Bonchev–Trinajstić information content (AvgIpc) is 3.52. The number of H-pyrrole nitrogens is 1. The molecule has 2 N–H and O–H groups in total. The van der Waals surface area contributed by atoms with E-state index >= 15 is 0 Å². The number of benzene rings is 2. The molecule has 0 saturated heterocycles. The summed E-state index contributed by atoms with van der Waals surface area (Å²) in [5, 5.41) is 13.4. The molecule has 3 aromatic heterocycles. The van der Waals surface area contributed by atoms with E-state index in [-0.39, 0.29) is 27.6 Å². The first-order valence-corrected chi connectivity index (χ1v) is 11.4. The normalized spacial score (nSPS) is 12.0. The van der Waals surface area contributed by atoms with Crippen molar-refractivity contribution in [1.29, 1.82) is 0 Å². The third kappa shape index (κ3) is 3.37. The third-order valence-corrected chi connectivity index (χ3v) is 7.60. The molecule has 2 aromatic carbocycles. The van der Waals surface area contributed by atoms with E-state index in [4.69, 9.17) is 4.42 Å². The molecule has 5 rings (SSSR count). The van der Waals surface area contributed by atoms with E-state index in [2.05, 4.69) is 20.7 Å². The van der Waals surface area contributed by atoms with Gasteiger partial charge in [0.25, 0.3) is 5.91 Å².